The zero-order valence-electron chi connectivity index (χ0n) is 7.88. The second-order valence-electron chi connectivity index (χ2n) is 3.13. The van der Waals surface area contributed by atoms with E-state index in [1.165, 1.54) is 7.11 Å². The Morgan fingerprint density at radius 1 is 1.47 bits per heavy atom. The van der Waals surface area contributed by atoms with Crippen LogP contribution in [0, 0.1) is 0 Å². The summed E-state index contributed by atoms with van der Waals surface area (Å²) in [5.41, 5.74) is 0. The Bertz CT molecular complexity index is 362. The minimum Gasteiger partial charge on any atom is -0.360 e. The molecule has 0 saturated heterocycles. The lowest BCUT2D eigenvalue weighted by atomic mass is 10.3. The van der Waals surface area contributed by atoms with Crippen LogP contribution in [-0.2, 0) is 17.5 Å². The molecular formula is C7H9F3N4O. The summed E-state index contributed by atoms with van der Waals surface area (Å²) in [6.07, 6.45) is -5.21. The lowest BCUT2D eigenvalue weighted by molar-refractivity contribution is -0.152. The molecule has 2 rings (SSSR count). The lowest BCUT2D eigenvalue weighted by Crippen LogP contribution is -2.36. The molecule has 1 aromatic rings. The van der Waals surface area contributed by atoms with Gasteiger partial charge in [0.15, 0.2) is 0 Å². The topological polar surface area (TPSA) is 52.0 Å². The van der Waals surface area contributed by atoms with Crippen molar-refractivity contribution in [3.05, 3.63) is 11.6 Å². The van der Waals surface area contributed by atoms with Crippen molar-refractivity contribution in [2.45, 2.75) is 18.9 Å². The third-order valence-electron chi connectivity index (χ3n) is 2.18. The molecule has 0 amide bonds. The fourth-order valence-electron chi connectivity index (χ4n) is 1.53. The highest BCUT2D eigenvalue weighted by atomic mass is 19.4. The normalized spacial score (nSPS) is 21.5. The van der Waals surface area contributed by atoms with Gasteiger partial charge in [-0.2, -0.15) is 13.2 Å². The number of ether oxygens (including phenoxy) is 1. The third-order valence-corrected chi connectivity index (χ3v) is 2.18. The van der Waals surface area contributed by atoms with Gasteiger partial charge in [0.05, 0.1) is 6.54 Å². The van der Waals surface area contributed by atoms with Gasteiger partial charge in [-0.05, 0) is 0 Å². The quantitative estimate of drug-likeness (QED) is 0.753. The standard InChI is InChI=1S/C7H9F3N4O/c1-15-5-3-11-2-4-12-13-6(14(4)5)7(8,9)10/h5,11H,2-3H2,1H3. The molecule has 0 bridgehead atoms. The molecule has 1 atom stereocenters. The first kappa shape index (κ1) is 10.4. The average Bonchev–Trinajstić information content (AvgIpc) is 2.59. The number of halogens is 3. The van der Waals surface area contributed by atoms with Crippen molar-refractivity contribution >= 4 is 0 Å². The van der Waals surface area contributed by atoms with Gasteiger partial charge in [0.2, 0.25) is 5.82 Å². The maximum Gasteiger partial charge on any atom is 0.451 e. The molecule has 15 heavy (non-hydrogen) atoms. The Labute approximate surface area is 83.2 Å². The molecule has 1 aliphatic heterocycles. The summed E-state index contributed by atoms with van der Waals surface area (Å²) in [4.78, 5) is 0. The fraction of sp³-hybridized carbons (Fsp3) is 0.714. The van der Waals surface area contributed by atoms with Crippen molar-refractivity contribution in [3.8, 4) is 0 Å². The van der Waals surface area contributed by atoms with E-state index in [1.54, 1.807) is 0 Å². The van der Waals surface area contributed by atoms with Crippen LogP contribution >= 0.6 is 0 Å². The molecule has 0 aromatic carbocycles. The van der Waals surface area contributed by atoms with E-state index >= 15 is 0 Å². The lowest BCUT2D eigenvalue weighted by Gasteiger charge is -2.25. The second kappa shape index (κ2) is 3.46. The van der Waals surface area contributed by atoms with Crippen molar-refractivity contribution in [2.24, 2.45) is 0 Å². The number of aromatic nitrogens is 3. The fourth-order valence-corrected chi connectivity index (χ4v) is 1.53. The Morgan fingerprint density at radius 3 is 2.80 bits per heavy atom. The van der Waals surface area contributed by atoms with Crippen molar-refractivity contribution in [2.75, 3.05) is 13.7 Å². The molecule has 84 valence electrons. The van der Waals surface area contributed by atoms with Crippen LogP contribution in [0.1, 0.15) is 17.9 Å². The van der Waals surface area contributed by atoms with E-state index in [1.807, 2.05) is 0 Å². The van der Waals surface area contributed by atoms with Gasteiger partial charge in [-0.25, -0.2) is 0 Å². The van der Waals surface area contributed by atoms with Gasteiger partial charge in [0.25, 0.3) is 0 Å². The highest BCUT2D eigenvalue weighted by molar-refractivity contribution is 5.03. The van der Waals surface area contributed by atoms with E-state index in [0.717, 1.165) is 4.57 Å². The molecule has 0 radical (unpaired) electrons. The molecule has 1 N–H and O–H groups in total. The van der Waals surface area contributed by atoms with Crippen LogP contribution in [0.5, 0.6) is 0 Å². The molecule has 8 heteroatoms. The van der Waals surface area contributed by atoms with Crippen LogP contribution in [0.25, 0.3) is 0 Å². The zero-order valence-corrected chi connectivity index (χ0v) is 7.88. The summed E-state index contributed by atoms with van der Waals surface area (Å²) >= 11 is 0. The van der Waals surface area contributed by atoms with Gasteiger partial charge in [0, 0.05) is 13.7 Å². The summed E-state index contributed by atoms with van der Waals surface area (Å²) < 4.78 is 43.5. The smallest absolute Gasteiger partial charge is 0.360 e. The molecule has 0 fully saturated rings. The molecule has 0 spiro atoms. The summed E-state index contributed by atoms with van der Waals surface area (Å²) in [6.45, 7) is 0.577. The van der Waals surface area contributed by atoms with E-state index < -0.39 is 18.2 Å². The van der Waals surface area contributed by atoms with E-state index in [2.05, 4.69) is 15.5 Å². The Hall–Kier alpha value is -1.15. The molecule has 2 heterocycles. The highest BCUT2D eigenvalue weighted by Gasteiger charge is 2.41. The van der Waals surface area contributed by atoms with Gasteiger partial charge in [0.1, 0.15) is 12.1 Å². The summed E-state index contributed by atoms with van der Waals surface area (Å²) in [5, 5.41) is 9.50. The van der Waals surface area contributed by atoms with Crippen LogP contribution < -0.4 is 5.32 Å². The monoisotopic (exact) mass is 222 g/mol. The summed E-state index contributed by atoms with van der Waals surface area (Å²) in [7, 11) is 1.35. The molecule has 1 aliphatic rings. The van der Waals surface area contributed by atoms with Crippen molar-refractivity contribution in [1.29, 1.82) is 0 Å². The van der Waals surface area contributed by atoms with Crippen LogP contribution in [-0.4, -0.2) is 28.4 Å². The predicted octanol–water partition coefficient (Wildman–Crippen LogP) is 0.545. The number of rotatable bonds is 1. The number of methoxy groups -OCH3 is 1. The van der Waals surface area contributed by atoms with Gasteiger partial charge in [-0.15, -0.1) is 10.2 Å². The molecule has 5 nitrogen and oxygen atoms in total. The predicted molar refractivity (Wildman–Crippen MR) is 42.8 cm³/mol. The molecule has 0 saturated carbocycles. The van der Waals surface area contributed by atoms with E-state index in [4.69, 9.17) is 4.74 Å². The Morgan fingerprint density at radius 2 is 2.20 bits per heavy atom. The van der Waals surface area contributed by atoms with Crippen LogP contribution in [0.2, 0.25) is 0 Å². The number of hydrogen-bond acceptors (Lipinski definition) is 4. The van der Waals surface area contributed by atoms with Gasteiger partial charge < -0.3 is 10.1 Å². The number of alkyl halides is 3. The molecule has 0 aliphatic carbocycles. The molecular weight excluding hydrogens is 213 g/mol. The van der Waals surface area contributed by atoms with Gasteiger partial charge in [-0.3, -0.25) is 4.57 Å². The Kier molecular flexibility index (Phi) is 2.39. The van der Waals surface area contributed by atoms with Crippen molar-refractivity contribution in [1.82, 2.24) is 20.1 Å². The second-order valence-corrected chi connectivity index (χ2v) is 3.13. The average molecular weight is 222 g/mol. The number of hydrogen-bond donors (Lipinski definition) is 1. The molecule has 1 unspecified atom stereocenters. The summed E-state index contributed by atoms with van der Waals surface area (Å²) in [6, 6.07) is 0. The van der Waals surface area contributed by atoms with E-state index in [-0.39, 0.29) is 12.4 Å². The van der Waals surface area contributed by atoms with Crippen LogP contribution in [0.4, 0.5) is 13.2 Å². The van der Waals surface area contributed by atoms with Crippen molar-refractivity contribution in [3.63, 3.8) is 0 Å². The first-order valence-corrected chi connectivity index (χ1v) is 4.28. The zero-order chi connectivity index (χ0) is 11.1. The maximum atomic E-state index is 12.5. The van der Waals surface area contributed by atoms with Crippen molar-refractivity contribution < 1.29 is 17.9 Å². The first-order valence-electron chi connectivity index (χ1n) is 4.28. The van der Waals surface area contributed by atoms with Crippen LogP contribution in [0.15, 0.2) is 0 Å². The minimum absolute atomic E-state index is 0.237. The van der Waals surface area contributed by atoms with Crippen LogP contribution in [0.3, 0.4) is 0 Å². The van der Waals surface area contributed by atoms with E-state index in [9.17, 15) is 13.2 Å². The molecule has 1 aromatic heterocycles. The maximum absolute atomic E-state index is 12.5. The number of nitrogens with zero attached hydrogens (tertiary/aromatic N) is 3. The van der Waals surface area contributed by atoms with Gasteiger partial charge >= 0.3 is 6.18 Å². The highest BCUT2D eigenvalue weighted by Crippen LogP contribution is 2.31. The number of nitrogens with one attached hydrogen (secondary N) is 1. The number of fused-ring (bicyclic) bond motifs is 1. The third kappa shape index (κ3) is 1.70. The minimum atomic E-state index is -4.50. The Balaban J connectivity index is 2.47. The van der Waals surface area contributed by atoms with E-state index in [0.29, 0.717) is 6.54 Å². The first-order chi connectivity index (χ1) is 7.04. The largest absolute Gasteiger partial charge is 0.451 e. The van der Waals surface area contributed by atoms with Gasteiger partial charge in [-0.1, -0.05) is 0 Å². The summed E-state index contributed by atoms with van der Waals surface area (Å²) in [5.74, 6) is -0.772. The SMILES string of the molecule is COC1CNCc2nnc(C(F)(F)F)n21.